The quantitative estimate of drug-likeness (QED) is 0.0280. The molecule has 0 aliphatic heterocycles. The third-order valence-corrected chi connectivity index (χ3v) is 11.6. The molecular weight excluding hydrogens is 725 g/mol. The molecule has 1 unspecified atom stereocenters. The Bertz CT molecular complexity index is 927. The van der Waals surface area contributed by atoms with Crippen molar-refractivity contribution in [2.75, 3.05) is 47.5 Å². The van der Waals surface area contributed by atoms with Gasteiger partial charge in [0.25, 0.3) is 0 Å². The Morgan fingerprint density at radius 2 is 0.804 bits per heavy atom. The van der Waals surface area contributed by atoms with Gasteiger partial charge >= 0.3 is 19.8 Å². The van der Waals surface area contributed by atoms with Crippen molar-refractivity contribution < 1.29 is 42.1 Å². The van der Waals surface area contributed by atoms with Gasteiger partial charge in [0.2, 0.25) is 0 Å². The molecule has 56 heavy (non-hydrogen) atoms. The molecule has 0 amide bonds. The number of rotatable bonds is 44. The first-order valence-electron chi connectivity index (χ1n) is 23.8. The third-order valence-electron chi connectivity index (χ3n) is 10.6. The Morgan fingerprint density at radius 3 is 1.14 bits per heavy atom. The average Bonchev–Trinajstić information content (AvgIpc) is 3.15. The number of hydrogen-bond donors (Lipinski definition) is 1. The van der Waals surface area contributed by atoms with Crippen molar-refractivity contribution in [1.82, 2.24) is 0 Å². The summed E-state index contributed by atoms with van der Waals surface area (Å²) in [6, 6.07) is 0. The molecule has 0 aromatic heterocycles. The molecular formula is C46H93NO8P+. The molecule has 0 aliphatic rings. The summed E-state index contributed by atoms with van der Waals surface area (Å²) in [7, 11) is 1.49. The largest absolute Gasteiger partial charge is 0.472 e. The standard InChI is InChI=1S/C46H92NO8P/c1-6-8-10-12-14-16-18-20-22-23-24-25-27-29-31-33-35-37-39-46(49)55-44(43-54-56(50,51)53-41-40-47(3,4)5)42-52-45(48)38-36-34-32-30-28-26-21-19-17-15-13-11-9-7-2/h44H,6-43H2,1-5H3/p+1/t44-/m1/s1. The summed E-state index contributed by atoms with van der Waals surface area (Å²) in [5.41, 5.74) is 0. The molecule has 0 fully saturated rings. The summed E-state index contributed by atoms with van der Waals surface area (Å²) in [6.07, 6.45) is 40.0. The molecule has 2 atom stereocenters. The second-order valence-electron chi connectivity index (χ2n) is 17.5. The summed E-state index contributed by atoms with van der Waals surface area (Å²) in [4.78, 5) is 35.4. The topological polar surface area (TPSA) is 108 Å². The zero-order valence-electron chi connectivity index (χ0n) is 37.6. The fraction of sp³-hybridized carbons (Fsp3) is 0.957. The van der Waals surface area contributed by atoms with E-state index in [1.54, 1.807) is 0 Å². The number of esters is 2. The van der Waals surface area contributed by atoms with Crippen LogP contribution in [0.15, 0.2) is 0 Å². The van der Waals surface area contributed by atoms with Crippen molar-refractivity contribution in [3.63, 3.8) is 0 Å². The van der Waals surface area contributed by atoms with E-state index in [1.165, 1.54) is 167 Å². The number of quaternary nitrogens is 1. The van der Waals surface area contributed by atoms with E-state index in [0.717, 1.165) is 38.5 Å². The van der Waals surface area contributed by atoms with Crippen LogP contribution in [0.1, 0.15) is 232 Å². The number of ether oxygens (including phenoxy) is 2. The number of nitrogens with zero attached hydrogens (tertiary/aromatic N) is 1. The lowest BCUT2D eigenvalue weighted by Crippen LogP contribution is -2.37. The molecule has 0 aromatic rings. The normalized spacial score (nSPS) is 13.5. The average molecular weight is 819 g/mol. The predicted molar refractivity (Wildman–Crippen MR) is 234 cm³/mol. The van der Waals surface area contributed by atoms with Gasteiger partial charge in [0, 0.05) is 12.8 Å². The van der Waals surface area contributed by atoms with Crippen LogP contribution in [-0.2, 0) is 32.7 Å². The predicted octanol–water partition coefficient (Wildman–Crippen LogP) is 13.6. The first-order valence-corrected chi connectivity index (χ1v) is 25.3. The van der Waals surface area contributed by atoms with Gasteiger partial charge in [-0.25, -0.2) is 4.57 Å². The highest BCUT2D eigenvalue weighted by Crippen LogP contribution is 2.43. The smallest absolute Gasteiger partial charge is 0.462 e. The van der Waals surface area contributed by atoms with Crippen molar-refractivity contribution >= 4 is 19.8 Å². The lowest BCUT2D eigenvalue weighted by Gasteiger charge is -2.24. The van der Waals surface area contributed by atoms with Gasteiger partial charge in [-0.2, -0.15) is 0 Å². The van der Waals surface area contributed by atoms with E-state index >= 15 is 0 Å². The number of phosphoric acid groups is 1. The highest BCUT2D eigenvalue weighted by molar-refractivity contribution is 7.47. The fourth-order valence-electron chi connectivity index (χ4n) is 6.90. The Hall–Kier alpha value is -0.990. The van der Waals surface area contributed by atoms with Gasteiger partial charge in [0.1, 0.15) is 19.8 Å². The van der Waals surface area contributed by atoms with E-state index in [0.29, 0.717) is 17.4 Å². The van der Waals surface area contributed by atoms with Gasteiger partial charge in [-0.15, -0.1) is 0 Å². The first-order chi connectivity index (χ1) is 27.0. The van der Waals surface area contributed by atoms with E-state index in [1.807, 2.05) is 21.1 Å². The minimum atomic E-state index is -4.37. The van der Waals surface area contributed by atoms with E-state index in [9.17, 15) is 19.0 Å². The molecule has 0 radical (unpaired) electrons. The molecule has 10 heteroatoms. The van der Waals surface area contributed by atoms with Crippen LogP contribution >= 0.6 is 7.82 Å². The summed E-state index contributed by atoms with van der Waals surface area (Å²) < 4.78 is 34.4. The Kier molecular flexibility index (Phi) is 38.8. The van der Waals surface area contributed by atoms with Crippen molar-refractivity contribution in [1.29, 1.82) is 0 Å². The van der Waals surface area contributed by atoms with E-state index < -0.39 is 26.5 Å². The Morgan fingerprint density at radius 1 is 0.482 bits per heavy atom. The van der Waals surface area contributed by atoms with Gasteiger partial charge in [-0.3, -0.25) is 18.6 Å². The van der Waals surface area contributed by atoms with Crippen LogP contribution in [0.2, 0.25) is 0 Å². The molecule has 0 saturated heterocycles. The maximum absolute atomic E-state index is 12.7. The summed E-state index contributed by atoms with van der Waals surface area (Å²) in [6.45, 7) is 4.47. The number of carbonyl (C=O) groups excluding carboxylic acids is 2. The minimum absolute atomic E-state index is 0.0370. The number of phosphoric ester groups is 1. The molecule has 0 aliphatic carbocycles. The van der Waals surface area contributed by atoms with Gasteiger partial charge in [0.05, 0.1) is 27.7 Å². The number of likely N-dealkylation sites (N-methyl/N-ethyl adjacent to an activating group) is 1. The molecule has 0 rings (SSSR count). The zero-order chi connectivity index (χ0) is 41.4. The van der Waals surface area contributed by atoms with Crippen LogP contribution in [0, 0.1) is 0 Å². The van der Waals surface area contributed by atoms with Crippen molar-refractivity contribution in [3.05, 3.63) is 0 Å². The van der Waals surface area contributed by atoms with Gasteiger partial charge in [-0.1, -0.05) is 206 Å². The lowest BCUT2D eigenvalue weighted by molar-refractivity contribution is -0.870. The van der Waals surface area contributed by atoms with Crippen LogP contribution in [-0.4, -0.2) is 74.9 Å². The molecule has 9 nitrogen and oxygen atoms in total. The monoisotopic (exact) mass is 819 g/mol. The maximum Gasteiger partial charge on any atom is 0.472 e. The second-order valence-corrected chi connectivity index (χ2v) is 19.0. The van der Waals surface area contributed by atoms with E-state index in [4.69, 9.17) is 18.5 Å². The van der Waals surface area contributed by atoms with Crippen molar-refractivity contribution in [3.8, 4) is 0 Å². The summed E-state index contributed by atoms with van der Waals surface area (Å²) >= 11 is 0. The van der Waals surface area contributed by atoms with Crippen molar-refractivity contribution in [2.24, 2.45) is 0 Å². The number of hydrogen-bond acceptors (Lipinski definition) is 7. The lowest BCUT2D eigenvalue weighted by atomic mass is 10.0. The minimum Gasteiger partial charge on any atom is -0.462 e. The fourth-order valence-corrected chi connectivity index (χ4v) is 7.64. The molecule has 334 valence electrons. The van der Waals surface area contributed by atoms with Gasteiger partial charge in [0.15, 0.2) is 6.10 Å². The highest BCUT2D eigenvalue weighted by Gasteiger charge is 2.27. The summed E-state index contributed by atoms with van der Waals surface area (Å²) in [5.74, 6) is -0.781. The van der Waals surface area contributed by atoms with Crippen LogP contribution in [0.5, 0.6) is 0 Å². The molecule has 1 N–H and O–H groups in total. The number of carbonyl (C=O) groups is 2. The van der Waals surface area contributed by atoms with Gasteiger partial charge < -0.3 is 18.9 Å². The summed E-state index contributed by atoms with van der Waals surface area (Å²) in [5, 5.41) is 0. The highest BCUT2D eigenvalue weighted by atomic mass is 31.2. The van der Waals surface area contributed by atoms with Crippen LogP contribution in [0.4, 0.5) is 0 Å². The Balaban J connectivity index is 4.25. The SMILES string of the molecule is CCCCCCCCCCCCCCCCCCCCC(=O)O[C@H](COC(=O)CCCCCCCCCCCCCCCC)COP(=O)(O)OCC[N+](C)(C)C. The zero-order valence-corrected chi connectivity index (χ0v) is 38.5. The van der Waals surface area contributed by atoms with E-state index in [2.05, 4.69) is 13.8 Å². The number of unbranched alkanes of at least 4 members (excludes halogenated alkanes) is 30. The van der Waals surface area contributed by atoms with Crippen LogP contribution < -0.4 is 0 Å². The van der Waals surface area contributed by atoms with Gasteiger partial charge in [-0.05, 0) is 12.8 Å². The molecule has 0 aromatic carbocycles. The molecule has 0 saturated carbocycles. The van der Waals surface area contributed by atoms with E-state index in [-0.39, 0.29) is 25.6 Å². The molecule has 0 bridgehead atoms. The second kappa shape index (κ2) is 39.5. The van der Waals surface area contributed by atoms with Crippen LogP contribution in [0.3, 0.4) is 0 Å². The first kappa shape index (κ1) is 55.0. The molecule has 0 spiro atoms. The third kappa shape index (κ3) is 42.6. The van der Waals surface area contributed by atoms with Crippen molar-refractivity contribution in [2.45, 2.75) is 238 Å². The molecule has 0 heterocycles. The Labute approximate surface area is 346 Å². The van der Waals surface area contributed by atoms with Crippen LogP contribution in [0.25, 0.3) is 0 Å². The maximum atomic E-state index is 12.7.